The van der Waals surface area contributed by atoms with Gasteiger partial charge in [0.15, 0.2) is 0 Å². The van der Waals surface area contributed by atoms with Crippen LogP contribution in [0.25, 0.3) is 0 Å². The quantitative estimate of drug-likeness (QED) is 0.750. The molecule has 0 aromatic carbocycles. The van der Waals surface area contributed by atoms with E-state index in [9.17, 15) is 0 Å². The summed E-state index contributed by atoms with van der Waals surface area (Å²) >= 11 is 0. The number of H-pyrrole nitrogens is 1. The van der Waals surface area contributed by atoms with E-state index in [1.165, 1.54) is 0 Å². The minimum Gasteiger partial charge on any atom is -0.348 e. The van der Waals surface area contributed by atoms with Crippen LogP contribution in [-0.4, -0.2) is 21.1 Å². The molecule has 2 N–H and O–H groups in total. The molecule has 0 aliphatic heterocycles. The van der Waals surface area contributed by atoms with E-state index in [1.54, 1.807) is 6.33 Å². The molecule has 0 saturated heterocycles. The van der Waals surface area contributed by atoms with Crippen LogP contribution in [0.1, 0.15) is 17.0 Å². The van der Waals surface area contributed by atoms with Crippen molar-refractivity contribution in [3.05, 3.63) is 41.7 Å². The number of nitrogens with zero attached hydrogens (tertiary/aromatic N) is 3. The fraction of sp³-hybridized carbons (Fsp3) is 0.333. The molecule has 0 aliphatic carbocycles. The molecule has 2 aromatic rings. The highest BCUT2D eigenvalue weighted by Gasteiger charge is 2.01. The van der Waals surface area contributed by atoms with E-state index in [4.69, 9.17) is 5.26 Å². The summed E-state index contributed by atoms with van der Waals surface area (Å²) in [4.78, 5) is 7.02. The van der Waals surface area contributed by atoms with E-state index in [2.05, 4.69) is 21.4 Å². The second kappa shape index (κ2) is 5.32. The largest absolute Gasteiger partial charge is 0.348 e. The number of aromatic amines is 1. The zero-order valence-corrected chi connectivity index (χ0v) is 9.77. The Hall–Kier alpha value is -2.06. The lowest BCUT2D eigenvalue weighted by molar-refractivity contribution is 0.680. The van der Waals surface area contributed by atoms with Crippen LogP contribution < -0.4 is 5.32 Å². The number of aryl methyl sites for hydroxylation is 1. The molecule has 17 heavy (non-hydrogen) atoms. The number of imidazole rings is 1. The lowest BCUT2D eigenvalue weighted by Crippen LogP contribution is -2.16. The number of aromatic nitrogens is 3. The summed E-state index contributed by atoms with van der Waals surface area (Å²) in [5, 5.41) is 12.2. The Kier molecular flexibility index (Phi) is 3.58. The van der Waals surface area contributed by atoms with Gasteiger partial charge in [-0.2, -0.15) is 5.26 Å². The number of nitriles is 1. The fourth-order valence-electron chi connectivity index (χ4n) is 1.72. The highest BCUT2D eigenvalue weighted by molar-refractivity contribution is 5.28. The molecule has 2 aromatic heterocycles. The average Bonchev–Trinajstić information content (AvgIpc) is 2.94. The Bertz CT molecular complexity index is 503. The number of hydrogen-bond acceptors (Lipinski definition) is 3. The number of rotatable bonds is 5. The van der Waals surface area contributed by atoms with E-state index in [1.807, 2.05) is 30.1 Å². The topological polar surface area (TPSA) is 69.4 Å². The lowest BCUT2D eigenvalue weighted by atomic mass is 10.3. The van der Waals surface area contributed by atoms with Gasteiger partial charge in [-0.25, -0.2) is 4.98 Å². The fourth-order valence-corrected chi connectivity index (χ4v) is 1.72. The summed E-state index contributed by atoms with van der Waals surface area (Å²) in [5.41, 5.74) is 2.95. The summed E-state index contributed by atoms with van der Waals surface area (Å²) in [6, 6.07) is 4.06. The minimum atomic E-state index is 0.690. The molecule has 0 amide bonds. The van der Waals surface area contributed by atoms with Crippen molar-refractivity contribution in [1.82, 2.24) is 19.9 Å². The van der Waals surface area contributed by atoms with Crippen LogP contribution in [0.3, 0.4) is 0 Å². The summed E-state index contributed by atoms with van der Waals surface area (Å²) in [6.07, 6.45) is 6.42. The van der Waals surface area contributed by atoms with E-state index in [-0.39, 0.29) is 0 Å². The maximum atomic E-state index is 8.83. The molecular formula is C12H15N5. The smallest absolute Gasteiger partial charge is 0.120 e. The van der Waals surface area contributed by atoms with Gasteiger partial charge in [-0.05, 0) is 11.6 Å². The Labute approximate surface area is 100 Å². The Morgan fingerprint density at radius 2 is 2.47 bits per heavy atom. The molecule has 2 rings (SSSR count). The van der Waals surface area contributed by atoms with Crippen molar-refractivity contribution in [3.8, 4) is 6.07 Å². The molecule has 0 aliphatic rings. The van der Waals surface area contributed by atoms with Gasteiger partial charge < -0.3 is 14.9 Å². The first kappa shape index (κ1) is 11.4. The summed E-state index contributed by atoms with van der Waals surface area (Å²) in [6.45, 7) is 1.67. The van der Waals surface area contributed by atoms with Crippen molar-refractivity contribution >= 4 is 0 Å². The van der Waals surface area contributed by atoms with Gasteiger partial charge in [-0.3, -0.25) is 0 Å². The second-order valence-electron chi connectivity index (χ2n) is 3.96. The molecule has 2 heterocycles. The standard InChI is InChI=1S/C12H15N5/c1-17-8-10(4-12(17)5-13)6-14-3-2-11-7-15-9-16-11/h4,7-9,14H,2-3,6H2,1H3,(H,15,16). The second-order valence-corrected chi connectivity index (χ2v) is 3.96. The summed E-state index contributed by atoms with van der Waals surface area (Å²) in [5.74, 6) is 0. The van der Waals surface area contributed by atoms with Crippen LogP contribution in [0, 0.1) is 11.3 Å². The van der Waals surface area contributed by atoms with Crippen molar-refractivity contribution in [1.29, 1.82) is 5.26 Å². The molecule has 0 fully saturated rings. The molecular weight excluding hydrogens is 214 g/mol. The van der Waals surface area contributed by atoms with Gasteiger partial charge in [0.1, 0.15) is 11.8 Å². The number of hydrogen-bond donors (Lipinski definition) is 2. The Morgan fingerprint density at radius 3 is 3.12 bits per heavy atom. The molecule has 0 spiro atoms. The molecule has 0 atom stereocenters. The van der Waals surface area contributed by atoms with Crippen LogP contribution in [0.4, 0.5) is 0 Å². The predicted octanol–water partition coefficient (Wildman–Crippen LogP) is 0.952. The Morgan fingerprint density at radius 1 is 1.59 bits per heavy atom. The zero-order chi connectivity index (χ0) is 12.1. The summed E-state index contributed by atoms with van der Waals surface area (Å²) in [7, 11) is 1.88. The minimum absolute atomic E-state index is 0.690. The van der Waals surface area contributed by atoms with E-state index < -0.39 is 0 Å². The van der Waals surface area contributed by atoms with Crippen molar-refractivity contribution in [2.45, 2.75) is 13.0 Å². The van der Waals surface area contributed by atoms with Crippen molar-refractivity contribution in [2.75, 3.05) is 6.54 Å². The molecule has 88 valence electrons. The molecule has 0 radical (unpaired) electrons. The van der Waals surface area contributed by atoms with Gasteiger partial charge in [0, 0.05) is 44.6 Å². The third-order valence-corrected chi connectivity index (χ3v) is 2.63. The van der Waals surface area contributed by atoms with Gasteiger partial charge in [0.05, 0.1) is 6.33 Å². The van der Waals surface area contributed by atoms with Crippen LogP contribution in [-0.2, 0) is 20.0 Å². The van der Waals surface area contributed by atoms with Crippen LogP contribution in [0.2, 0.25) is 0 Å². The third kappa shape index (κ3) is 2.95. The van der Waals surface area contributed by atoms with E-state index in [0.717, 1.165) is 30.8 Å². The van der Waals surface area contributed by atoms with Gasteiger partial charge >= 0.3 is 0 Å². The van der Waals surface area contributed by atoms with Crippen LogP contribution in [0.5, 0.6) is 0 Å². The van der Waals surface area contributed by atoms with Gasteiger partial charge in [-0.15, -0.1) is 0 Å². The first-order valence-corrected chi connectivity index (χ1v) is 5.53. The van der Waals surface area contributed by atoms with Crippen LogP contribution in [0.15, 0.2) is 24.8 Å². The molecule has 0 saturated carbocycles. The van der Waals surface area contributed by atoms with Crippen molar-refractivity contribution in [2.24, 2.45) is 7.05 Å². The monoisotopic (exact) mass is 229 g/mol. The average molecular weight is 229 g/mol. The molecule has 0 bridgehead atoms. The van der Waals surface area contributed by atoms with Gasteiger partial charge in [0.25, 0.3) is 0 Å². The SMILES string of the molecule is Cn1cc(CNCCc2cnc[nH]2)cc1C#N. The zero-order valence-electron chi connectivity index (χ0n) is 9.77. The normalized spacial score (nSPS) is 10.4. The van der Waals surface area contributed by atoms with Gasteiger partial charge in [-0.1, -0.05) is 0 Å². The van der Waals surface area contributed by atoms with Gasteiger partial charge in [0.2, 0.25) is 0 Å². The lowest BCUT2D eigenvalue weighted by Gasteiger charge is -2.01. The van der Waals surface area contributed by atoms with Crippen molar-refractivity contribution in [3.63, 3.8) is 0 Å². The van der Waals surface area contributed by atoms with Crippen molar-refractivity contribution < 1.29 is 0 Å². The maximum Gasteiger partial charge on any atom is 0.120 e. The first-order valence-electron chi connectivity index (χ1n) is 5.53. The third-order valence-electron chi connectivity index (χ3n) is 2.63. The van der Waals surface area contributed by atoms with E-state index >= 15 is 0 Å². The molecule has 5 heteroatoms. The summed E-state index contributed by atoms with van der Waals surface area (Å²) < 4.78 is 1.84. The van der Waals surface area contributed by atoms with E-state index in [0.29, 0.717) is 5.69 Å². The molecule has 0 unspecified atom stereocenters. The first-order chi connectivity index (χ1) is 8.29. The maximum absolute atomic E-state index is 8.83. The van der Waals surface area contributed by atoms with Crippen LogP contribution >= 0.6 is 0 Å². The molecule has 5 nitrogen and oxygen atoms in total. The highest BCUT2D eigenvalue weighted by Crippen LogP contribution is 2.05. The highest BCUT2D eigenvalue weighted by atomic mass is 14.9. The number of nitrogens with one attached hydrogen (secondary N) is 2. The predicted molar refractivity (Wildman–Crippen MR) is 64.1 cm³/mol. The Balaban J connectivity index is 1.76.